The summed E-state index contributed by atoms with van der Waals surface area (Å²) < 4.78 is 32.2. The summed E-state index contributed by atoms with van der Waals surface area (Å²) in [5.41, 5.74) is 21.8. The minimum absolute atomic E-state index is 0.265. The standard InChI is InChI=1S/C24H26FN5.C23H24FN5/c1-15(2)21-14-28-24(29-23(21)27-13-17-7-5-4-6-8-17)30-16(3)9-20-18(12-26)10-19(25)11-22(20)30;1-14-9-20-18(12-25)10-19(24)11-21(20)29(14)23-27-16(3)15(2)22(28-23)26-13-17-7-5-4-6-8-17/h4-11,14-15H,12-13,26H2,1-3H3,(H,27,28,29);4-11H,12-13,25H2,1-3H3,(H,26,27,28). The van der Waals surface area contributed by atoms with Gasteiger partial charge in [0.25, 0.3) is 0 Å². The van der Waals surface area contributed by atoms with Crippen molar-refractivity contribution in [2.75, 3.05) is 10.6 Å². The van der Waals surface area contributed by atoms with E-state index in [1.54, 1.807) is 0 Å². The molecule has 4 heterocycles. The third-order valence-corrected chi connectivity index (χ3v) is 10.6. The maximum Gasteiger partial charge on any atom is 0.236 e. The minimum Gasteiger partial charge on any atom is -0.366 e. The van der Waals surface area contributed by atoms with Crippen LogP contribution in [0.4, 0.5) is 20.4 Å². The van der Waals surface area contributed by atoms with Crippen LogP contribution in [0.3, 0.4) is 0 Å². The van der Waals surface area contributed by atoms with E-state index in [1.165, 1.54) is 35.4 Å². The Balaban J connectivity index is 0.000000179. The number of benzene rings is 4. The van der Waals surface area contributed by atoms with Crippen LogP contribution < -0.4 is 22.1 Å². The number of hydrogen-bond acceptors (Lipinski definition) is 8. The third kappa shape index (κ3) is 8.69. The lowest BCUT2D eigenvalue weighted by molar-refractivity contribution is 0.626. The molecule has 0 fully saturated rings. The lowest BCUT2D eigenvalue weighted by Gasteiger charge is -2.16. The normalized spacial score (nSPS) is 11.3. The van der Waals surface area contributed by atoms with Crippen molar-refractivity contribution in [1.82, 2.24) is 29.1 Å². The molecule has 12 heteroatoms. The molecule has 0 aliphatic carbocycles. The largest absolute Gasteiger partial charge is 0.366 e. The molecule has 302 valence electrons. The molecular weight excluding hydrogens is 743 g/mol. The minimum atomic E-state index is -0.316. The first-order chi connectivity index (χ1) is 28.4. The molecular formula is C47H50F2N10. The summed E-state index contributed by atoms with van der Waals surface area (Å²) in [6, 6.07) is 30.4. The van der Waals surface area contributed by atoms with Crippen molar-refractivity contribution < 1.29 is 8.78 Å². The average molecular weight is 793 g/mol. The van der Waals surface area contributed by atoms with Crippen molar-refractivity contribution in [2.45, 2.75) is 73.6 Å². The number of rotatable bonds is 11. The summed E-state index contributed by atoms with van der Waals surface area (Å²) in [7, 11) is 0. The fraction of sp³-hybridized carbons (Fsp3) is 0.234. The zero-order chi connectivity index (χ0) is 41.8. The van der Waals surface area contributed by atoms with Gasteiger partial charge in [0.1, 0.15) is 23.3 Å². The Kier molecular flexibility index (Phi) is 12.1. The molecule has 0 atom stereocenters. The predicted octanol–water partition coefficient (Wildman–Crippen LogP) is 9.62. The molecule has 0 spiro atoms. The van der Waals surface area contributed by atoms with Crippen LogP contribution in [0.2, 0.25) is 0 Å². The number of nitrogens with one attached hydrogen (secondary N) is 2. The van der Waals surface area contributed by atoms with Crippen LogP contribution in [0, 0.1) is 39.3 Å². The first kappa shape index (κ1) is 40.7. The molecule has 0 aliphatic heterocycles. The van der Waals surface area contributed by atoms with Gasteiger partial charge < -0.3 is 22.1 Å². The predicted molar refractivity (Wildman–Crippen MR) is 234 cm³/mol. The Labute approximate surface area is 343 Å². The molecule has 8 aromatic rings. The third-order valence-electron chi connectivity index (χ3n) is 10.6. The number of anilines is 2. The number of aryl methyl sites for hydroxylation is 3. The fourth-order valence-corrected chi connectivity index (χ4v) is 7.32. The van der Waals surface area contributed by atoms with Crippen LogP contribution >= 0.6 is 0 Å². The van der Waals surface area contributed by atoms with Crippen molar-refractivity contribution in [3.8, 4) is 11.9 Å². The first-order valence-corrected chi connectivity index (χ1v) is 19.7. The lowest BCUT2D eigenvalue weighted by atomic mass is 10.1. The molecule has 8 rings (SSSR count). The van der Waals surface area contributed by atoms with Gasteiger partial charge in [-0.05, 0) is 92.3 Å². The van der Waals surface area contributed by atoms with E-state index in [0.29, 0.717) is 25.0 Å². The van der Waals surface area contributed by atoms with Crippen molar-refractivity contribution in [2.24, 2.45) is 11.5 Å². The molecule has 0 amide bonds. The van der Waals surface area contributed by atoms with E-state index in [9.17, 15) is 8.78 Å². The zero-order valence-corrected chi connectivity index (χ0v) is 34.3. The van der Waals surface area contributed by atoms with Crippen molar-refractivity contribution in [1.29, 1.82) is 0 Å². The van der Waals surface area contributed by atoms with Gasteiger partial charge in [0.15, 0.2) is 0 Å². The number of aromatic nitrogens is 6. The van der Waals surface area contributed by atoms with Crippen molar-refractivity contribution in [3.05, 3.63) is 165 Å². The highest BCUT2D eigenvalue weighted by atomic mass is 19.1. The van der Waals surface area contributed by atoms with E-state index in [1.807, 2.05) is 91.6 Å². The maximum absolute atomic E-state index is 14.2. The maximum atomic E-state index is 14.2. The van der Waals surface area contributed by atoms with Gasteiger partial charge in [0.2, 0.25) is 11.9 Å². The quantitative estimate of drug-likeness (QED) is 0.102. The van der Waals surface area contributed by atoms with Gasteiger partial charge in [-0.2, -0.15) is 9.97 Å². The summed E-state index contributed by atoms with van der Waals surface area (Å²) in [6.45, 7) is 14.0. The van der Waals surface area contributed by atoms with Crippen LogP contribution in [-0.4, -0.2) is 29.1 Å². The van der Waals surface area contributed by atoms with Crippen molar-refractivity contribution in [3.63, 3.8) is 0 Å². The molecule has 0 aliphatic rings. The van der Waals surface area contributed by atoms with Crippen molar-refractivity contribution >= 4 is 33.4 Å². The molecule has 0 unspecified atom stereocenters. The summed E-state index contributed by atoms with van der Waals surface area (Å²) in [6.07, 6.45) is 1.86. The Morgan fingerprint density at radius 1 is 0.610 bits per heavy atom. The number of halogens is 2. The van der Waals surface area contributed by atoms with Gasteiger partial charge in [-0.15, -0.1) is 0 Å². The van der Waals surface area contributed by atoms with E-state index >= 15 is 0 Å². The SMILES string of the molecule is Cc1cc2c(CN)cc(F)cc2n1-c1ncc(C(C)C)c(NCc2ccccc2)n1.Cc1nc(-n2c(C)cc3c(CN)cc(F)cc32)nc(NCc2ccccc2)c1C. The van der Waals surface area contributed by atoms with Gasteiger partial charge >= 0.3 is 0 Å². The fourth-order valence-electron chi connectivity index (χ4n) is 7.32. The molecule has 0 bridgehead atoms. The second kappa shape index (κ2) is 17.6. The average Bonchev–Trinajstić information content (AvgIpc) is 3.75. The molecule has 0 saturated carbocycles. The summed E-state index contributed by atoms with van der Waals surface area (Å²) in [4.78, 5) is 18.9. The van der Waals surface area contributed by atoms with E-state index in [-0.39, 0.29) is 30.6 Å². The summed E-state index contributed by atoms with van der Waals surface area (Å²) in [5.74, 6) is 2.22. The molecule has 0 saturated heterocycles. The smallest absolute Gasteiger partial charge is 0.236 e. The molecule has 4 aromatic heterocycles. The van der Waals surface area contributed by atoms with Crippen LogP contribution in [0.5, 0.6) is 0 Å². The molecule has 4 aromatic carbocycles. The molecule has 10 nitrogen and oxygen atoms in total. The van der Waals surface area contributed by atoms with E-state index < -0.39 is 0 Å². The molecule has 59 heavy (non-hydrogen) atoms. The second-order valence-corrected chi connectivity index (χ2v) is 15.0. The van der Waals surface area contributed by atoms with Gasteiger partial charge in [-0.25, -0.2) is 18.7 Å². The van der Waals surface area contributed by atoms with E-state index in [4.69, 9.17) is 21.4 Å². The van der Waals surface area contributed by atoms with Gasteiger partial charge in [0.05, 0.1) is 11.0 Å². The van der Waals surface area contributed by atoms with Gasteiger partial charge in [-0.1, -0.05) is 74.5 Å². The summed E-state index contributed by atoms with van der Waals surface area (Å²) >= 11 is 0. The number of hydrogen-bond donors (Lipinski definition) is 4. The van der Waals surface area contributed by atoms with Crippen LogP contribution in [0.25, 0.3) is 33.7 Å². The Morgan fingerprint density at radius 3 is 1.58 bits per heavy atom. The topological polar surface area (TPSA) is 138 Å². The van der Waals surface area contributed by atoms with Crippen LogP contribution in [0.15, 0.2) is 103 Å². The van der Waals surface area contributed by atoms with Crippen LogP contribution in [0.1, 0.15) is 70.2 Å². The highest BCUT2D eigenvalue weighted by Gasteiger charge is 2.19. The molecule has 0 radical (unpaired) electrons. The monoisotopic (exact) mass is 792 g/mol. The Morgan fingerprint density at radius 2 is 1.08 bits per heavy atom. The van der Waals surface area contributed by atoms with Gasteiger partial charge in [-0.3, -0.25) is 9.13 Å². The zero-order valence-electron chi connectivity index (χ0n) is 34.3. The highest BCUT2D eigenvalue weighted by Crippen LogP contribution is 2.30. The molecule has 6 N–H and O–H groups in total. The lowest BCUT2D eigenvalue weighted by Crippen LogP contribution is -2.11. The number of nitrogens with zero attached hydrogens (tertiary/aromatic N) is 6. The first-order valence-electron chi connectivity index (χ1n) is 19.7. The number of nitrogens with two attached hydrogens (primary N) is 2. The van der Waals surface area contributed by atoms with Crippen LogP contribution in [-0.2, 0) is 26.2 Å². The Hall–Kier alpha value is -6.50. The highest BCUT2D eigenvalue weighted by molar-refractivity contribution is 5.87. The van der Waals surface area contributed by atoms with E-state index in [2.05, 4.69) is 58.7 Å². The van der Waals surface area contributed by atoms with Gasteiger partial charge in [0, 0.05) is 71.4 Å². The number of fused-ring (bicyclic) bond motifs is 2. The second-order valence-electron chi connectivity index (χ2n) is 15.0. The summed E-state index contributed by atoms with van der Waals surface area (Å²) in [5, 5.41) is 8.72. The van der Waals surface area contributed by atoms with E-state index in [0.717, 1.165) is 72.8 Å². The Bertz CT molecular complexity index is 2740.